The van der Waals surface area contributed by atoms with Crippen LogP contribution in [0.1, 0.15) is 103 Å². The number of carbonyl (C=O) groups is 4. The molecule has 0 saturated carbocycles. The number of alkyl carbamates (subject to hydrolysis) is 2. The Labute approximate surface area is 460 Å². The van der Waals surface area contributed by atoms with Gasteiger partial charge >= 0.3 is 17.9 Å². The highest BCUT2D eigenvalue weighted by molar-refractivity contribution is 7.90. The number of unbranched alkanes of at least 4 members (excludes halogenated alkanes) is 1. The summed E-state index contributed by atoms with van der Waals surface area (Å²) < 4.78 is 66.1. The SMILES string of the molecule is Cc1cn([C@@H]2O[C@H](CO[Si](C)(C)C(C)(C)C)[C@@]3(OS(=O)(=O)C=C3N)[C@H]2O[Si](C)(C)C(C)(C)C)c(=O)n(CCCNC(=O)[C@@H]2CCCN2C(=O)[C@H](CCCCNC(=O)OCc2ccccc2)NC(=O)OCc2ccccc2)c1=O. The molecule has 3 aliphatic heterocycles. The zero-order valence-corrected chi connectivity index (χ0v) is 49.9. The van der Waals surface area contributed by atoms with Gasteiger partial charge in [0.15, 0.2) is 28.5 Å². The number of nitrogens with one attached hydrogen (secondary N) is 3. The van der Waals surface area contributed by atoms with Crippen LogP contribution >= 0.6 is 0 Å². The molecule has 1 spiro atoms. The van der Waals surface area contributed by atoms with Crippen LogP contribution in [0, 0.1) is 6.92 Å². The van der Waals surface area contributed by atoms with Crippen LogP contribution in [0.25, 0.3) is 0 Å². The Morgan fingerprint density at radius 1 is 0.833 bits per heavy atom. The van der Waals surface area contributed by atoms with Gasteiger partial charge in [0.25, 0.3) is 15.7 Å². The Hall–Kier alpha value is -5.64. The van der Waals surface area contributed by atoms with E-state index in [0.29, 0.717) is 25.7 Å². The highest BCUT2D eigenvalue weighted by atomic mass is 32.2. The Bertz CT molecular complexity index is 2870. The predicted octanol–water partition coefficient (Wildman–Crippen LogP) is 6.42. The summed E-state index contributed by atoms with van der Waals surface area (Å²) in [6.45, 7) is 22.1. The smallest absolute Gasteiger partial charge is 0.408 e. The zero-order chi connectivity index (χ0) is 57.4. The Morgan fingerprint density at radius 3 is 2.00 bits per heavy atom. The molecule has 24 heteroatoms. The first kappa shape index (κ1) is 61.6. The number of ether oxygens (including phenoxy) is 3. The number of nitrogens with two attached hydrogens (primary N) is 1. The highest BCUT2D eigenvalue weighted by Gasteiger charge is 2.67. The monoisotopic (exact) mass is 1140 g/mol. The van der Waals surface area contributed by atoms with E-state index in [2.05, 4.69) is 36.7 Å². The summed E-state index contributed by atoms with van der Waals surface area (Å²) in [4.78, 5) is 83.7. The molecular formula is C54H81N7O14SSi2. The van der Waals surface area contributed by atoms with E-state index < -0.39 is 103 Å². The van der Waals surface area contributed by atoms with Gasteiger partial charge in [-0.15, -0.1) is 0 Å². The highest BCUT2D eigenvalue weighted by Crippen LogP contribution is 2.52. The van der Waals surface area contributed by atoms with E-state index in [-0.39, 0.29) is 75.1 Å². The second kappa shape index (κ2) is 25.2. The number of aromatic nitrogens is 2. The van der Waals surface area contributed by atoms with Gasteiger partial charge in [-0.3, -0.25) is 23.5 Å². The second-order valence-corrected chi connectivity index (χ2v) is 34.3. The van der Waals surface area contributed by atoms with Crippen LogP contribution in [0.4, 0.5) is 9.59 Å². The fraction of sp³-hybridized carbons (Fsp3) is 0.593. The molecule has 4 amide bonds. The molecule has 4 heterocycles. The second-order valence-electron chi connectivity index (χ2n) is 23.4. The molecule has 0 bridgehead atoms. The molecule has 430 valence electrons. The minimum absolute atomic E-state index is 0.0193. The minimum atomic E-state index is -4.35. The van der Waals surface area contributed by atoms with Gasteiger partial charge in [0.05, 0.1) is 17.7 Å². The number of hydrogen-bond acceptors (Lipinski definition) is 15. The summed E-state index contributed by atoms with van der Waals surface area (Å²) in [5.41, 5.74) is 5.00. The number of carbonyl (C=O) groups excluding carboxylic acids is 4. The van der Waals surface area contributed by atoms with E-state index in [9.17, 15) is 37.2 Å². The van der Waals surface area contributed by atoms with Crippen molar-refractivity contribution in [2.45, 2.75) is 179 Å². The van der Waals surface area contributed by atoms with Crippen molar-refractivity contribution in [1.82, 2.24) is 30.0 Å². The summed E-state index contributed by atoms with van der Waals surface area (Å²) in [5.74, 6) is -0.915. The molecule has 2 fully saturated rings. The number of aryl methyl sites for hydroxylation is 1. The molecule has 6 rings (SSSR count). The normalized spacial score (nSPS) is 21.7. The standard InChI is InChI=1S/C54H81N7O14SSi2/c1-37-32-61(48-44(74-78(10,11)53(5,6)7)54(42(55)36-76(68,69)75-54)43(73-48)35-72-77(8,9)52(2,3)4)51(67)60(46(37)63)31-21-29-56-45(62)41-27-20-30-59(41)47(64)40(58-50(66)71-34-39-24-16-13-17-25-39)26-18-19-28-57-49(65)70-33-38-22-14-12-15-23-38/h12-17,22-25,32,36,40-41,43-44,48H,18-21,26-31,33-35,55H2,1-11H3,(H,56,62)(H,57,65)(H,58,66)/t40-,41-,43+,44-,48+,54+/m0/s1. The lowest BCUT2D eigenvalue weighted by Crippen LogP contribution is -2.59. The zero-order valence-electron chi connectivity index (χ0n) is 47.1. The predicted molar refractivity (Wildman–Crippen MR) is 298 cm³/mol. The molecule has 5 N–H and O–H groups in total. The summed E-state index contributed by atoms with van der Waals surface area (Å²) >= 11 is 0. The van der Waals surface area contributed by atoms with Crippen molar-refractivity contribution in [3.8, 4) is 0 Å². The molecule has 3 aromatic rings. The maximum Gasteiger partial charge on any atom is 0.408 e. The Kier molecular flexibility index (Phi) is 19.9. The van der Waals surface area contributed by atoms with Gasteiger partial charge in [-0.05, 0) is 92.8 Å². The lowest BCUT2D eigenvalue weighted by atomic mass is 9.89. The van der Waals surface area contributed by atoms with Crippen LogP contribution in [0.2, 0.25) is 36.3 Å². The Morgan fingerprint density at radius 2 is 1.42 bits per heavy atom. The van der Waals surface area contributed by atoms with Gasteiger partial charge in [0.1, 0.15) is 37.5 Å². The van der Waals surface area contributed by atoms with Crippen LogP contribution in [0.5, 0.6) is 0 Å². The van der Waals surface area contributed by atoms with E-state index in [1.54, 1.807) is 19.1 Å². The van der Waals surface area contributed by atoms with Gasteiger partial charge < -0.3 is 49.6 Å². The number of likely N-dealkylation sites (tertiary alicyclic amines) is 1. The average Bonchev–Trinajstić information content (AvgIpc) is 4.09. The topological polar surface area (TPSA) is 267 Å². The van der Waals surface area contributed by atoms with Crippen molar-refractivity contribution in [3.05, 3.63) is 115 Å². The van der Waals surface area contributed by atoms with Crippen LogP contribution in [0.15, 0.2) is 87.6 Å². The fourth-order valence-corrected chi connectivity index (χ4v) is 12.5. The maximum atomic E-state index is 14.7. The molecule has 0 unspecified atom stereocenters. The van der Waals surface area contributed by atoms with Crippen LogP contribution in [0.3, 0.4) is 0 Å². The number of benzene rings is 2. The molecule has 78 heavy (non-hydrogen) atoms. The van der Waals surface area contributed by atoms with Crippen LogP contribution in [-0.4, -0.2) is 119 Å². The molecule has 0 radical (unpaired) electrons. The van der Waals surface area contributed by atoms with Crippen molar-refractivity contribution in [2.75, 3.05) is 26.2 Å². The third kappa shape index (κ3) is 14.8. The summed E-state index contributed by atoms with van der Waals surface area (Å²) in [6.07, 6.45) is -1.78. The fourth-order valence-electron chi connectivity index (χ4n) is 9.02. The number of hydrogen-bond donors (Lipinski definition) is 4. The number of rotatable bonds is 22. The third-order valence-electron chi connectivity index (χ3n) is 15.6. The van der Waals surface area contributed by atoms with E-state index in [1.807, 2.05) is 95.5 Å². The van der Waals surface area contributed by atoms with E-state index in [0.717, 1.165) is 21.1 Å². The van der Waals surface area contributed by atoms with Crippen molar-refractivity contribution in [3.63, 3.8) is 0 Å². The van der Waals surface area contributed by atoms with E-state index in [1.165, 1.54) is 15.7 Å². The minimum Gasteiger partial charge on any atom is -0.445 e. The van der Waals surface area contributed by atoms with Gasteiger partial charge in [-0.25, -0.2) is 18.6 Å². The van der Waals surface area contributed by atoms with Crippen LogP contribution < -0.4 is 32.9 Å². The first-order valence-corrected chi connectivity index (χ1v) is 34.0. The van der Waals surface area contributed by atoms with Crippen molar-refractivity contribution >= 4 is 50.8 Å². The van der Waals surface area contributed by atoms with Crippen molar-refractivity contribution in [2.24, 2.45) is 5.73 Å². The quantitative estimate of drug-likeness (QED) is 0.0481. The summed E-state index contributed by atoms with van der Waals surface area (Å²) in [5, 5.41) is 8.50. The molecule has 0 aliphatic carbocycles. The number of nitrogens with zero attached hydrogens (tertiary/aromatic N) is 3. The molecular weight excluding hydrogens is 1060 g/mol. The van der Waals surface area contributed by atoms with Crippen molar-refractivity contribution in [1.29, 1.82) is 0 Å². The van der Waals surface area contributed by atoms with Crippen LogP contribution in [-0.2, 0) is 66.7 Å². The van der Waals surface area contributed by atoms with Gasteiger partial charge in [-0.1, -0.05) is 102 Å². The first-order chi connectivity index (χ1) is 36.5. The molecule has 3 aliphatic rings. The van der Waals surface area contributed by atoms with E-state index in [4.69, 9.17) is 33.0 Å². The van der Waals surface area contributed by atoms with Gasteiger partial charge in [-0.2, -0.15) is 8.42 Å². The molecule has 21 nitrogen and oxygen atoms in total. The van der Waals surface area contributed by atoms with Crippen molar-refractivity contribution < 1.29 is 54.8 Å². The summed E-state index contributed by atoms with van der Waals surface area (Å²) in [6, 6.07) is 16.4. The molecule has 2 aromatic carbocycles. The summed E-state index contributed by atoms with van der Waals surface area (Å²) in [7, 11) is -9.71. The lowest BCUT2D eigenvalue weighted by molar-refractivity contribution is -0.140. The maximum absolute atomic E-state index is 14.7. The Balaban J connectivity index is 1.15. The lowest BCUT2D eigenvalue weighted by Gasteiger charge is -2.43. The molecule has 2 saturated heterocycles. The third-order valence-corrected chi connectivity index (χ3v) is 25.6. The molecule has 6 atom stereocenters. The largest absolute Gasteiger partial charge is 0.445 e. The average molecular weight is 1140 g/mol. The first-order valence-electron chi connectivity index (χ1n) is 26.7. The molecule has 1 aromatic heterocycles. The van der Waals surface area contributed by atoms with Gasteiger partial charge in [0, 0.05) is 37.9 Å². The van der Waals surface area contributed by atoms with E-state index >= 15 is 0 Å². The van der Waals surface area contributed by atoms with Gasteiger partial charge in [0.2, 0.25) is 11.8 Å². The number of amides is 4.